The Morgan fingerprint density at radius 2 is 1.89 bits per heavy atom. The van der Waals surface area contributed by atoms with Crippen LogP contribution in [0.2, 0.25) is 0 Å². The molecule has 0 bridgehead atoms. The maximum absolute atomic E-state index is 13.4. The molecular formula is C28H44N4O3S2. The summed E-state index contributed by atoms with van der Waals surface area (Å²) in [5.41, 5.74) is -0.306. The number of aliphatic hydroxyl groups excluding tert-OH is 1. The number of amides is 2. The van der Waals surface area contributed by atoms with E-state index in [1.165, 1.54) is 25.7 Å². The van der Waals surface area contributed by atoms with Crippen molar-refractivity contribution in [1.29, 1.82) is 0 Å². The summed E-state index contributed by atoms with van der Waals surface area (Å²) in [6, 6.07) is 9.18. The summed E-state index contributed by atoms with van der Waals surface area (Å²) >= 11 is 3.35. The highest BCUT2D eigenvalue weighted by molar-refractivity contribution is 7.99. The van der Waals surface area contributed by atoms with Gasteiger partial charge in [0.15, 0.2) is 0 Å². The molecule has 206 valence electrons. The van der Waals surface area contributed by atoms with Crippen LogP contribution in [-0.4, -0.2) is 82.1 Å². The fraction of sp³-hybridized carbons (Fsp3) is 0.714. The Bertz CT molecular complexity index is 891. The first-order chi connectivity index (χ1) is 17.7. The third-order valence-electron chi connectivity index (χ3n) is 7.72. The van der Waals surface area contributed by atoms with Crippen LogP contribution in [0, 0.1) is 11.8 Å². The average molecular weight is 549 g/mol. The second-order valence-corrected chi connectivity index (χ2v) is 14.0. The van der Waals surface area contributed by atoms with Gasteiger partial charge < -0.3 is 15.7 Å². The van der Waals surface area contributed by atoms with E-state index < -0.39 is 12.1 Å². The smallest absolute Gasteiger partial charge is 0.238 e. The molecule has 4 rings (SSSR count). The number of thioether (sulfide) groups is 2. The lowest BCUT2D eigenvalue weighted by atomic mass is 9.72. The van der Waals surface area contributed by atoms with E-state index in [1.54, 1.807) is 23.5 Å². The van der Waals surface area contributed by atoms with E-state index in [9.17, 15) is 14.7 Å². The predicted molar refractivity (Wildman–Crippen MR) is 153 cm³/mol. The number of hydrogen-bond acceptors (Lipinski definition) is 7. The molecule has 2 aliphatic heterocycles. The minimum absolute atomic E-state index is 0.0511. The van der Waals surface area contributed by atoms with Crippen molar-refractivity contribution in [2.45, 2.75) is 87.5 Å². The van der Waals surface area contributed by atoms with Crippen LogP contribution in [0.3, 0.4) is 0 Å². The fourth-order valence-electron chi connectivity index (χ4n) is 5.79. The molecule has 6 atom stereocenters. The predicted octanol–water partition coefficient (Wildman–Crippen LogP) is 3.08. The number of rotatable bonds is 9. The Balaban J connectivity index is 1.47. The Kier molecular flexibility index (Phi) is 10.3. The number of benzene rings is 1. The van der Waals surface area contributed by atoms with Gasteiger partial charge >= 0.3 is 0 Å². The summed E-state index contributed by atoms with van der Waals surface area (Å²) in [4.78, 5) is 29.7. The standard InChI is InChI=1S/C28H44N4O3S2/c1-28(2,3)31-27(35)24-13-19-9-7-8-10-20(19)14-32(24)15-25(33)22(17-37-21-11-5-4-6-12-21)30-26(34)23-16-36-18-29-23/h4-6,11-12,19-20,22-25,29,33H,7-10,13-18H2,1-3H3,(H,30,34)(H,31,35)/t19-,20+,22-,23-,24-,25+/m0/s1. The van der Waals surface area contributed by atoms with Gasteiger partial charge in [-0.3, -0.25) is 19.8 Å². The Morgan fingerprint density at radius 3 is 2.57 bits per heavy atom. The number of nitrogens with one attached hydrogen (secondary N) is 3. The number of piperidine rings is 1. The zero-order chi connectivity index (χ0) is 26.4. The minimum atomic E-state index is -0.778. The monoisotopic (exact) mass is 548 g/mol. The van der Waals surface area contributed by atoms with Crippen molar-refractivity contribution in [2.24, 2.45) is 11.8 Å². The molecule has 0 radical (unpaired) electrons. The molecular weight excluding hydrogens is 504 g/mol. The van der Waals surface area contributed by atoms with Crippen LogP contribution in [-0.2, 0) is 9.59 Å². The highest BCUT2D eigenvalue weighted by atomic mass is 32.2. The first-order valence-electron chi connectivity index (χ1n) is 13.7. The number of carbonyl (C=O) groups is 2. The molecule has 2 amide bonds. The quantitative estimate of drug-likeness (QED) is 0.353. The molecule has 7 nitrogen and oxygen atoms in total. The van der Waals surface area contributed by atoms with E-state index in [0.717, 1.165) is 29.5 Å². The minimum Gasteiger partial charge on any atom is -0.390 e. The van der Waals surface area contributed by atoms with Gasteiger partial charge in [-0.05, 0) is 57.6 Å². The van der Waals surface area contributed by atoms with Crippen LogP contribution in [0.4, 0.5) is 0 Å². The largest absolute Gasteiger partial charge is 0.390 e. The van der Waals surface area contributed by atoms with Crippen molar-refractivity contribution < 1.29 is 14.7 Å². The van der Waals surface area contributed by atoms with Crippen molar-refractivity contribution in [1.82, 2.24) is 20.9 Å². The molecule has 1 aromatic rings. The number of aliphatic hydroxyl groups is 1. The van der Waals surface area contributed by atoms with Crippen molar-refractivity contribution >= 4 is 35.3 Å². The van der Waals surface area contributed by atoms with Crippen LogP contribution < -0.4 is 16.0 Å². The molecule has 2 saturated heterocycles. The lowest BCUT2D eigenvalue weighted by Gasteiger charge is -2.47. The number of β-amino-alcohol motifs (C(OH)–C–C–N with tert-alkyl or cyclic N) is 1. The molecule has 9 heteroatoms. The zero-order valence-electron chi connectivity index (χ0n) is 22.4. The van der Waals surface area contributed by atoms with Gasteiger partial charge in [-0.2, -0.15) is 0 Å². The van der Waals surface area contributed by atoms with Crippen LogP contribution >= 0.6 is 23.5 Å². The van der Waals surface area contributed by atoms with Crippen LogP contribution in [0.5, 0.6) is 0 Å². The molecule has 0 unspecified atom stereocenters. The first kappa shape index (κ1) is 28.7. The van der Waals surface area contributed by atoms with Gasteiger partial charge in [0.25, 0.3) is 0 Å². The average Bonchev–Trinajstić information content (AvgIpc) is 3.41. The third-order valence-corrected chi connectivity index (χ3v) is 9.79. The van der Waals surface area contributed by atoms with E-state index in [0.29, 0.717) is 24.1 Å². The number of hydrogen-bond donors (Lipinski definition) is 4. The summed E-state index contributed by atoms with van der Waals surface area (Å²) in [5.74, 6) is 3.22. The maximum atomic E-state index is 13.4. The van der Waals surface area contributed by atoms with Crippen molar-refractivity contribution in [3.05, 3.63) is 30.3 Å². The van der Waals surface area contributed by atoms with E-state index in [1.807, 2.05) is 51.1 Å². The molecule has 37 heavy (non-hydrogen) atoms. The van der Waals surface area contributed by atoms with Gasteiger partial charge in [-0.25, -0.2) is 0 Å². The Hall–Kier alpha value is -1.26. The molecule has 4 N–H and O–H groups in total. The molecule has 3 aliphatic rings. The third kappa shape index (κ3) is 8.36. The van der Waals surface area contributed by atoms with Crippen LogP contribution in [0.25, 0.3) is 0 Å². The zero-order valence-corrected chi connectivity index (χ0v) is 24.1. The van der Waals surface area contributed by atoms with E-state index in [-0.39, 0.29) is 29.4 Å². The molecule has 1 aromatic carbocycles. The summed E-state index contributed by atoms with van der Waals surface area (Å²) in [5, 5.41) is 21.1. The second kappa shape index (κ2) is 13.2. The van der Waals surface area contributed by atoms with E-state index >= 15 is 0 Å². The Morgan fingerprint density at radius 1 is 1.16 bits per heavy atom. The summed E-state index contributed by atoms with van der Waals surface area (Å²) in [6.45, 7) is 7.24. The fourth-order valence-corrected chi connectivity index (χ4v) is 7.76. The maximum Gasteiger partial charge on any atom is 0.238 e. The highest BCUT2D eigenvalue weighted by Gasteiger charge is 2.42. The van der Waals surface area contributed by atoms with Crippen LogP contribution in [0.1, 0.15) is 52.9 Å². The number of nitrogens with zero attached hydrogens (tertiary/aromatic N) is 1. The second-order valence-electron chi connectivity index (χ2n) is 11.8. The normalized spacial score (nSPS) is 28.2. The van der Waals surface area contributed by atoms with Crippen molar-refractivity contribution in [3.63, 3.8) is 0 Å². The molecule has 3 fully saturated rings. The number of carbonyl (C=O) groups excluding carboxylic acids is 2. The molecule has 0 spiro atoms. The summed E-state index contributed by atoms with van der Waals surface area (Å²) in [7, 11) is 0. The number of likely N-dealkylation sites (tertiary alicyclic amines) is 1. The molecule has 2 heterocycles. The summed E-state index contributed by atoms with van der Waals surface area (Å²) < 4.78 is 0. The van der Waals surface area contributed by atoms with Gasteiger partial charge in [0, 0.05) is 40.9 Å². The topological polar surface area (TPSA) is 93.7 Å². The molecule has 1 aliphatic carbocycles. The molecule has 1 saturated carbocycles. The van der Waals surface area contributed by atoms with Gasteiger partial charge in [0.05, 0.1) is 24.2 Å². The van der Waals surface area contributed by atoms with Crippen molar-refractivity contribution in [2.75, 3.05) is 30.5 Å². The lowest BCUT2D eigenvalue weighted by Crippen LogP contribution is -2.61. The van der Waals surface area contributed by atoms with Gasteiger partial charge in [-0.15, -0.1) is 23.5 Å². The summed E-state index contributed by atoms with van der Waals surface area (Å²) in [6.07, 6.45) is 4.95. The Labute approximate surface area is 230 Å². The lowest BCUT2D eigenvalue weighted by molar-refractivity contribution is -0.133. The SMILES string of the molecule is CC(C)(C)NC(=O)[C@@H]1C[C@@H]2CCCC[C@@H]2CN1C[C@@H](O)[C@H](CSc1ccccc1)NC(=O)[C@@H]1CSCN1. The van der Waals surface area contributed by atoms with Gasteiger partial charge in [0.2, 0.25) is 11.8 Å². The van der Waals surface area contributed by atoms with Gasteiger partial charge in [-0.1, -0.05) is 37.5 Å². The molecule has 0 aromatic heterocycles. The van der Waals surface area contributed by atoms with Crippen molar-refractivity contribution in [3.8, 4) is 0 Å². The highest BCUT2D eigenvalue weighted by Crippen LogP contribution is 2.39. The van der Waals surface area contributed by atoms with Crippen LogP contribution in [0.15, 0.2) is 35.2 Å². The van der Waals surface area contributed by atoms with E-state index in [2.05, 4.69) is 20.9 Å². The van der Waals surface area contributed by atoms with Gasteiger partial charge in [0.1, 0.15) is 0 Å². The van der Waals surface area contributed by atoms with E-state index in [4.69, 9.17) is 0 Å². The number of fused-ring (bicyclic) bond motifs is 1. The first-order valence-corrected chi connectivity index (χ1v) is 15.9.